The molecule has 1 aliphatic heterocycles. The van der Waals surface area contributed by atoms with Gasteiger partial charge in [-0.1, -0.05) is 60.7 Å². The van der Waals surface area contributed by atoms with Crippen LogP contribution in [0, 0.1) is 0 Å². The van der Waals surface area contributed by atoms with Gasteiger partial charge in [-0.25, -0.2) is 0 Å². The summed E-state index contributed by atoms with van der Waals surface area (Å²) in [6, 6.07) is 19.5. The first-order valence-electron chi connectivity index (χ1n) is 8.03. The van der Waals surface area contributed by atoms with Gasteiger partial charge >= 0.3 is 0 Å². The van der Waals surface area contributed by atoms with Crippen LogP contribution < -0.4 is 0 Å². The topological polar surface area (TPSA) is 68.2 Å². The molecule has 5 nitrogen and oxygen atoms in total. The van der Waals surface area contributed by atoms with Crippen molar-refractivity contribution in [1.82, 2.24) is 0 Å². The maximum Gasteiger partial charge on any atom is 0.184 e. The first kappa shape index (κ1) is 17.1. The molecule has 0 bridgehead atoms. The van der Waals surface area contributed by atoms with Crippen molar-refractivity contribution in [2.45, 2.75) is 37.8 Å². The summed E-state index contributed by atoms with van der Waals surface area (Å²) in [6.07, 6.45) is -3.48. The number of aliphatic hydroxyl groups is 2. The molecule has 2 aromatic rings. The number of rotatable bonds is 7. The van der Waals surface area contributed by atoms with Crippen LogP contribution >= 0.6 is 0 Å². The van der Waals surface area contributed by atoms with Gasteiger partial charge in [-0.15, -0.1) is 0 Å². The number of benzene rings is 2. The van der Waals surface area contributed by atoms with E-state index in [1.807, 2.05) is 60.7 Å². The Bertz CT molecular complexity index is 604. The Kier molecular flexibility index (Phi) is 5.96. The monoisotopic (exact) mass is 330 g/mol. The Morgan fingerprint density at radius 2 is 1.42 bits per heavy atom. The molecule has 24 heavy (non-hydrogen) atoms. The summed E-state index contributed by atoms with van der Waals surface area (Å²) < 4.78 is 16.8. The van der Waals surface area contributed by atoms with Gasteiger partial charge in [0.25, 0.3) is 0 Å². The Balaban J connectivity index is 1.52. The molecule has 0 saturated carbocycles. The van der Waals surface area contributed by atoms with Crippen molar-refractivity contribution in [2.75, 3.05) is 6.61 Å². The third-order valence-electron chi connectivity index (χ3n) is 3.99. The minimum Gasteiger partial charge on any atom is -0.385 e. The van der Waals surface area contributed by atoms with Crippen LogP contribution in [-0.4, -0.2) is 41.4 Å². The summed E-state index contributed by atoms with van der Waals surface area (Å²) in [5, 5.41) is 19.8. The third-order valence-corrected chi connectivity index (χ3v) is 3.99. The van der Waals surface area contributed by atoms with Crippen molar-refractivity contribution in [1.29, 1.82) is 0 Å². The van der Waals surface area contributed by atoms with E-state index in [1.165, 1.54) is 0 Å². The molecule has 0 aliphatic carbocycles. The zero-order valence-corrected chi connectivity index (χ0v) is 13.3. The molecule has 128 valence electrons. The molecule has 4 atom stereocenters. The fourth-order valence-corrected chi connectivity index (χ4v) is 2.69. The predicted octanol–water partition coefficient (Wildman–Crippen LogP) is 1.87. The van der Waals surface area contributed by atoms with Gasteiger partial charge in [0.05, 0.1) is 19.8 Å². The zero-order chi connectivity index (χ0) is 16.8. The zero-order valence-electron chi connectivity index (χ0n) is 13.3. The maximum atomic E-state index is 10.1. The van der Waals surface area contributed by atoms with E-state index in [0.717, 1.165) is 11.1 Å². The second-order valence-corrected chi connectivity index (χ2v) is 5.82. The molecule has 2 aromatic carbocycles. The van der Waals surface area contributed by atoms with Gasteiger partial charge in [0.1, 0.15) is 18.3 Å². The van der Waals surface area contributed by atoms with E-state index < -0.39 is 24.6 Å². The Hall–Kier alpha value is -1.76. The van der Waals surface area contributed by atoms with Gasteiger partial charge in [0.2, 0.25) is 0 Å². The highest BCUT2D eigenvalue weighted by Gasteiger charge is 2.43. The fraction of sp³-hybridized carbons (Fsp3) is 0.368. The van der Waals surface area contributed by atoms with Crippen LogP contribution in [0.5, 0.6) is 0 Å². The van der Waals surface area contributed by atoms with E-state index >= 15 is 0 Å². The van der Waals surface area contributed by atoms with Crippen molar-refractivity contribution in [3.8, 4) is 0 Å². The first-order chi connectivity index (χ1) is 11.7. The van der Waals surface area contributed by atoms with Crippen LogP contribution in [0.25, 0.3) is 0 Å². The van der Waals surface area contributed by atoms with E-state index in [2.05, 4.69) is 0 Å². The molecule has 3 rings (SSSR count). The van der Waals surface area contributed by atoms with Gasteiger partial charge in [-0.05, 0) is 11.1 Å². The Labute approximate surface area is 141 Å². The molecule has 0 spiro atoms. The molecule has 1 fully saturated rings. The van der Waals surface area contributed by atoms with E-state index in [9.17, 15) is 10.2 Å². The summed E-state index contributed by atoms with van der Waals surface area (Å²) in [7, 11) is 0. The van der Waals surface area contributed by atoms with E-state index in [-0.39, 0.29) is 6.61 Å². The first-order valence-corrected chi connectivity index (χ1v) is 8.03. The lowest BCUT2D eigenvalue weighted by atomic mass is 10.1. The molecule has 1 heterocycles. The fourth-order valence-electron chi connectivity index (χ4n) is 2.69. The summed E-state index contributed by atoms with van der Waals surface area (Å²) in [5.74, 6) is 0. The summed E-state index contributed by atoms with van der Waals surface area (Å²) >= 11 is 0. The molecule has 1 saturated heterocycles. The SMILES string of the molecule is OC1[C@H](O)O[C@H](COCc2ccccc2)[C@@H]1OCc1ccccc1. The van der Waals surface area contributed by atoms with E-state index in [1.54, 1.807) is 0 Å². The Morgan fingerprint density at radius 1 is 0.833 bits per heavy atom. The number of hydrogen-bond donors (Lipinski definition) is 2. The van der Waals surface area contributed by atoms with Crippen LogP contribution in [0.3, 0.4) is 0 Å². The smallest absolute Gasteiger partial charge is 0.184 e. The minimum atomic E-state index is -1.25. The summed E-state index contributed by atoms with van der Waals surface area (Å²) in [5.41, 5.74) is 2.05. The molecule has 1 aliphatic rings. The highest BCUT2D eigenvalue weighted by atomic mass is 16.7. The lowest BCUT2D eigenvalue weighted by molar-refractivity contribution is -0.137. The van der Waals surface area contributed by atoms with Gasteiger partial charge < -0.3 is 24.4 Å². The second kappa shape index (κ2) is 8.37. The summed E-state index contributed by atoms with van der Waals surface area (Å²) in [4.78, 5) is 0. The van der Waals surface area contributed by atoms with Crippen molar-refractivity contribution >= 4 is 0 Å². The van der Waals surface area contributed by atoms with Crippen molar-refractivity contribution in [3.63, 3.8) is 0 Å². The van der Waals surface area contributed by atoms with Crippen LogP contribution in [0.15, 0.2) is 60.7 Å². The molecular weight excluding hydrogens is 308 g/mol. The minimum absolute atomic E-state index is 0.239. The predicted molar refractivity (Wildman–Crippen MR) is 88.0 cm³/mol. The third kappa shape index (κ3) is 4.41. The van der Waals surface area contributed by atoms with Crippen LogP contribution in [0.4, 0.5) is 0 Å². The van der Waals surface area contributed by atoms with Gasteiger partial charge in [0.15, 0.2) is 6.29 Å². The Morgan fingerprint density at radius 3 is 2.04 bits per heavy atom. The molecule has 5 heteroatoms. The van der Waals surface area contributed by atoms with Crippen LogP contribution in [0.2, 0.25) is 0 Å². The van der Waals surface area contributed by atoms with Crippen molar-refractivity contribution in [3.05, 3.63) is 71.8 Å². The van der Waals surface area contributed by atoms with Gasteiger partial charge in [-0.3, -0.25) is 0 Å². The maximum absolute atomic E-state index is 10.1. The molecule has 1 unspecified atom stereocenters. The van der Waals surface area contributed by atoms with Gasteiger partial charge in [-0.2, -0.15) is 0 Å². The standard InChI is InChI=1S/C19H22O5/c20-17-18(23-12-15-9-5-2-6-10-15)16(24-19(17)21)13-22-11-14-7-3-1-4-8-14/h1-10,16-21H,11-13H2/t16-,17?,18+,19-/m1/s1. The lowest BCUT2D eigenvalue weighted by Gasteiger charge is -2.20. The van der Waals surface area contributed by atoms with Crippen molar-refractivity contribution < 1.29 is 24.4 Å². The van der Waals surface area contributed by atoms with Crippen molar-refractivity contribution in [2.24, 2.45) is 0 Å². The van der Waals surface area contributed by atoms with Crippen LogP contribution in [-0.2, 0) is 27.4 Å². The highest BCUT2D eigenvalue weighted by Crippen LogP contribution is 2.24. The summed E-state index contributed by atoms with van der Waals surface area (Å²) in [6.45, 7) is 1.02. The average molecular weight is 330 g/mol. The molecule has 0 amide bonds. The largest absolute Gasteiger partial charge is 0.385 e. The normalized spacial score (nSPS) is 26.6. The number of aliphatic hydroxyl groups excluding tert-OH is 2. The molecule has 0 radical (unpaired) electrons. The number of hydrogen-bond acceptors (Lipinski definition) is 5. The average Bonchev–Trinajstić information content (AvgIpc) is 2.89. The van der Waals surface area contributed by atoms with Gasteiger partial charge in [0, 0.05) is 0 Å². The quantitative estimate of drug-likeness (QED) is 0.811. The lowest BCUT2D eigenvalue weighted by Crippen LogP contribution is -2.37. The highest BCUT2D eigenvalue weighted by molar-refractivity contribution is 5.14. The molecule has 2 N–H and O–H groups in total. The second-order valence-electron chi connectivity index (χ2n) is 5.82. The number of ether oxygens (including phenoxy) is 3. The van der Waals surface area contributed by atoms with E-state index in [0.29, 0.717) is 13.2 Å². The van der Waals surface area contributed by atoms with Crippen LogP contribution in [0.1, 0.15) is 11.1 Å². The molecular formula is C19H22O5. The van der Waals surface area contributed by atoms with E-state index in [4.69, 9.17) is 14.2 Å². The molecule has 0 aromatic heterocycles.